The van der Waals surface area contributed by atoms with Crippen molar-refractivity contribution in [3.8, 4) is 0 Å². The highest BCUT2D eigenvalue weighted by Crippen LogP contribution is 2.25. The van der Waals surface area contributed by atoms with Gasteiger partial charge in [0.2, 0.25) is 0 Å². The summed E-state index contributed by atoms with van der Waals surface area (Å²) >= 11 is 5.33. The molecule has 0 saturated carbocycles. The Balaban J connectivity index is 1.91. The number of halogens is 1. The Labute approximate surface area is 137 Å². The van der Waals surface area contributed by atoms with Crippen LogP contribution in [0.4, 0.5) is 0 Å². The molecule has 2 aromatic heterocycles. The smallest absolute Gasteiger partial charge is 0.0569 e. The second-order valence-corrected chi connectivity index (χ2v) is 7.12. The molecule has 21 heavy (non-hydrogen) atoms. The summed E-state index contributed by atoms with van der Waals surface area (Å²) in [5.41, 5.74) is 2.73. The average molecular weight is 363 g/mol. The Morgan fingerprint density at radius 3 is 2.95 bits per heavy atom. The zero-order chi connectivity index (χ0) is 14.7. The largest absolute Gasteiger partial charge is 0.342 e. The number of para-hydroxylation sites is 1. The van der Waals surface area contributed by atoms with E-state index in [-0.39, 0.29) is 0 Å². The predicted molar refractivity (Wildman–Crippen MR) is 95.1 cm³/mol. The molecule has 1 aromatic carbocycles. The van der Waals surface area contributed by atoms with Crippen molar-refractivity contribution in [2.24, 2.45) is 0 Å². The molecule has 3 aromatic rings. The number of benzene rings is 1. The zero-order valence-electron chi connectivity index (χ0n) is 12.1. The van der Waals surface area contributed by atoms with Gasteiger partial charge in [0.25, 0.3) is 0 Å². The van der Waals surface area contributed by atoms with Crippen molar-refractivity contribution in [3.05, 3.63) is 56.8 Å². The highest BCUT2D eigenvalue weighted by Gasteiger charge is 2.08. The van der Waals surface area contributed by atoms with E-state index < -0.39 is 0 Å². The first kappa shape index (κ1) is 14.8. The molecule has 1 N–H and O–H groups in total. The van der Waals surface area contributed by atoms with Gasteiger partial charge in [-0.1, -0.05) is 25.1 Å². The fraction of sp³-hybridized carbons (Fsp3) is 0.294. The lowest BCUT2D eigenvalue weighted by atomic mass is 10.1. The lowest BCUT2D eigenvalue weighted by Crippen LogP contribution is -2.14. The van der Waals surface area contributed by atoms with E-state index >= 15 is 0 Å². The van der Waals surface area contributed by atoms with Crippen LogP contribution < -0.4 is 5.32 Å². The summed E-state index contributed by atoms with van der Waals surface area (Å²) in [4.78, 5) is 1.37. The van der Waals surface area contributed by atoms with E-state index in [0.29, 0.717) is 0 Å². The fourth-order valence-electron chi connectivity index (χ4n) is 2.62. The van der Waals surface area contributed by atoms with Crippen LogP contribution in [-0.4, -0.2) is 11.1 Å². The molecule has 2 heterocycles. The van der Waals surface area contributed by atoms with Gasteiger partial charge in [-0.25, -0.2) is 0 Å². The van der Waals surface area contributed by atoms with E-state index in [1.807, 2.05) is 0 Å². The minimum absolute atomic E-state index is 0.934. The molecule has 4 heteroatoms. The second-order valence-electron chi connectivity index (χ2n) is 5.21. The SMILES string of the molecule is CCCNCc1cccc2ccn(Cc3cc(Br)cs3)c12. The highest BCUT2D eigenvalue weighted by atomic mass is 79.9. The first-order valence-corrected chi connectivity index (χ1v) is 8.95. The number of nitrogens with zero attached hydrogens (tertiary/aromatic N) is 1. The maximum Gasteiger partial charge on any atom is 0.0569 e. The molecule has 110 valence electrons. The maximum atomic E-state index is 3.53. The fourth-order valence-corrected chi connectivity index (χ4v) is 4.07. The van der Waals surface area contributed by atoms with Crippen LogP contribution in [0.5, 0.6) is 0 Å². The van der Waals surface area contributed by atoms with Crippen LogP contribution in [0.3, 0.4) is 0 Å². The van der Waals surface area contributed by atoms with Crippen LogP contribution in [0, 0.1) is 0 Å². The third-order valence-electron chi connectivity index (χ3n) is 3.56. The first-order valence-electron chi connectivity index (χ1n) is 7.28. The molecule has 0 aliphatic carbocycles. The van der Waals surface area contributed by atoms with Crippen LogP contribution in [0.1, 0.15) is 23.8 Å². The quantitative estimate of drug-likeness (QED) is 0.609. The van der Waals surface area contributed by atoms with Crippen molar-refractivity contribution in [1.82, 2.24) is 9.88 Å². The summed E-state index contributed by atoms with van der Waals surface area (Å²) in [5.74, 6) is 0. The Morgan fingerprint density at radius 2 is 2.19 bits per heavy atom. The molecular formula is C17H19BrN2S. The number of hydrogen-bond donors (Lipinski definition) is 1. The molecule has 0 saturated heterocycles. The summed E-state index contributed by atoms with van der Waals surface area (Å²) in [6, 6.07) is 11.0. The Kier molecular flexibility index (Phi) is 4.78. The maximum absolute atomic E-state index is 3.53. The third kappa shape index (κ3) is 3.39. The van der Waals surface area contributed by atoms with Gasteiger partial charge in [0.05, 0.1) is 12.1 Å². The van der Waals surface area contributed by atoms with Crippen molar-refractivity contribution in [2.45, 2.75) is 26.4 Å². The van der Waals surface area contributed by atoms with Gasteiger partial charge in [-0.15, -0.1) is 11.3 Å². The van der Waals surface area contributed by atoms with Crippen LogP contribution in [0.15, 0.2) is 46.4 Å². The lowest BCUT2D eigenvalue weighted by Gasteiger charge is -2.10. The summed E-state index contributed by atoms with van der Waals surface area (Å²) in [6.07, 6.45) is 3.36. The molecule has 0 unspecified atom stereocenters. The standard InChI is InChI=1S/C17H19BrN2S/c1-2-7-19-10-14-5-3-4-13-6-8-20(17(13)14)11-16-9-15(18)12-21-16/h3-6,8-9,12,19H,2,7,10-11H2,1H3. The van der Waals surface area contributed by atoms with Crippen molar-refractivity contribution in [3.63, 3.8) is 0 Å². The van der Waals surface area contributed by atoms with E-state index in [2.05, 4.69) is 74.6 Å². The first-order chi connectivity index (χ1) is 10.3. The van der Waals surface area contributed by atoms with E-state index in [9.17, 15) is 0 Å². The van der Waals surface area contributed by atoms with Gasteiger partial charge >= 0.3 is 0 Å². The molecule has 0 radical (unpaired) electrons. The van der Waals surface area contributed by atoms with Gasteiger partial charge in [-0.05, 0) is 52.0 Å². The normalized spacial score (nSPS) is 11.3. The molecule has 0 bridgehead atoms. The van der Waals surface area contributed by atoms with E-state index in [1.165, 1.54) is 32.2 Å². The minimum atomic E-state index is 0.934. The van der Waals surface area contributed by atoms with Gasteiger partial charge in [0.1, 0.15) is 0 Å². The van der Waals surface area contributed by atoms with Gasteiger partial charge in [0.15, 0.2) is 0 Å². The van der Waals surface area contributed by atoms with Gasteiger partial charge in [0, 0.05) is 27.5 Å². The zero-order valence-corrected chi connectivity index (χ0v) is 14.5. The minimum Gasteiger partial charge on any atom is -0.342 e. The topological polar surface area (TPSA) is 17.0 Å². The molecule has 0 aliphatic rings. The summed E-state index contributed by atoms with van der Waals surface area (Å²) in [5, 5.41) is 6.97. The van der Waals surface area contributed by atoms with Crippen LogP contribution >= 0.6 is 27.3 Å². The summed E-state index contributed by atoms with van der Waals surface area (Å²) < 4.78 is 3.53. The molecular weight excluding hydrogens is 344 g/mol. The lowest BCUT2D eigenvalue weighted by molar-refractivity contribution is 0.675. The molecule has 3 rings (SSSR count). The van der Waals surface area contributed by atoms with Crippen LogP contribution in [0.2, 0.25) is 0 Å². The number of nitrogens with one attached hydrogen (secondary N) is 1. The van der Waals surface area contributed by atoms with Gasteiger partial charge in [-0.2, -0.15) is 0 Å². The van der Waals surface area contributed by atoms with Crippen molar-refractivity contribution < 1.29 is 0 Å². The molecule has 2 nitrogen and oxygen atoms in total. The third-order valence-corrected chi connectivity index (χ3v) is 5.24. The molecule has 0 atom stereocenters. The van der Waals surface area contributed by atoms with Crippen LogP contribution in [0.25, 0.3) is 10.9 Å². The number of aromatic nitrogens is 1. The van der Waals surface area contributed by atoms with Gasteiger partial charge in [-0.3, -0.25) is 0 Å². The average Bonchev–Trinajstić information content (AvgIpc) is 3.07. The molecule has 0 amide bonds. The van der Waals surface area contributed by atoms with Crippen molar-refractivity contribution >= 4 is 38.2 Å². The van der Waals surface area contributed by atoms with E-state index in [4.69, 9.17) is 0 Å². The number of rotatable bonds is 6. The molecule has 0 spiro atoms. The Bertz CT molecular complexity index is 729. The summed E-state index contributed by atoms with van der Waals surface area (Å²) in [7, 11) is 0. The second kappa shape index (κ2) is 6.77. The Morgan fingerprint density at radius 1 is 1.29 bits per heavy atom. The number of hydrogen-bond acceptors (Lipinski definition) is 2. The van der Waals surface area contributed by atoms with Gasteiger partial charge < -0.3 is 9.88 Å². The predicted octanol–water partition coefficient (Wildman–Crippen LogP) is 5.01. The highest BCUT2D eigenvalue weighted by molar-refractivity contribution is 9.10. The van der Waals surface area contributed by atoms with E-state index in [1.54, 1.807) is 11.3 Å². The number of thiophene rings is 1. The van der Waals surface area contributed by atoms with E-state index in [0.717, 1.165) is 19.6 Å². The molecule has 0 fully saturated rings. The number of fused-ring (bicyclic) bond motifs is 1. The molecule has 0 aliphatic heterocycles. The summed E-state index contributed by atoms with van der Waals surface area (Å²) in [6.45, 7) is 5.13. The van der Waals surface area contributed by atoms with Crippen LogP contribution in [-0.2, 0) is 13.1 Å². The van der Waals surface area contributed by atoms with Crippen molar-refractivity contribution in [1.29, 1.82) is 0 Å². The van der Waals surface area contributed by atoms with Crippen molar-refractivity contribution in [2.75, 3.05) is 6.54 Å². The monoisotopic (exact) mass is 362 g/mol. The Hall–Kier alpha value is -1.10.